The topological polar surface area (TPSA) is 9.86 Å². The Labute approximate surface area is 333 Å². The van der Waals surface area contributed by atoms with Gasteiger partial charge in [0.15, 0.2) is 8.07 Å². The molecular formula is C54H38N2Si. The van der Waals surface area contributed by atoms with Crippen LogP contribution in [-0.2, 0) is 0 Å². The molecular weight excluding hydrogens is 705 g/mol. The van der Waals surface area contributed by atoms with Crippen LogP contribution in [0.3, 0.4) is 0 Å². The zero-order valence-corrected chi connectivity index (χ0v) is 32.3. The van der Waals surface area contributed by atoms with Crippen molar-refractivity contribution in [3.05, 3.63) is 231 Å². The quantitative estimate of drug-likeness (QED) is 0.114. The number of nitrogens with zero attached hydrogens (tertiary/aromatic N) is 2. The van der Waals surface area contributed by atoms with Crippen LogP contribution in [0.1, 0.15) is 0 Å². The van der Waals surface area contributed by atoms with Gasteiger partial charge in [-0.1, -0.05) is 200 Å². The van der Waals surface area contributed by atoms with E-state index in [1.807, 2.05) is 0 Å². The smallest absolute Gasteiger partial charge is 0.180 e. The van der Waals surface area contributed by atoms with Crippen molar-refractivity contribution in [3.8, 4) is 22.5 Å². The number of para-hydroxylation sites is 4. The van der Waals surface area contributed by atoms with Crippen molar-refractivity contribution in [1.82, 2.24) is 9.13 Å². The molecule has 0 amide bonds. The average molecular weight is 743 g/mol. The van der Waals surface area contributed by atoms with E-state index in [4.69, 9.17) is 0 Å². The van der Waals surface area contributed by atoms with Crippen molar-refractivity contribution in [2.24, 2.45) is 0 Å². The summed E-state index contributed by atoms with van der Waals surface area (Å²) in [6.45, 7) is 0. The van der Waals surface area contributed by atoms with E-state index in [-0.39, 0.29) is 0 Å². The highest BCUT2D eigenvalue weighted by molar-refractivity contribution is 7.20. The standard InChI is InChI=1S/C54H38N2Si/c1-6-21-39(22-7-1)44-37-38-51(57(41-25-10-3-11-26-41,42-27-12-4-13-28-42)43-29-14-5-15-30-43)52-47-32-17-19-35-49(47)56(54(44)52)50-36-20-33-46-45-31-16-18-34-48(45)55(53(46)50)40-23-8-2-9-24-40/h1-38H. The van der Waals surface area contributed by atoms with Gasteiger partial charge < -0.3 is 9.13 Å². The van der Waals surface area contributed by atoms with Gasteiger partial charge in [-0.15, -0.1) is 0 Å². The Hall–Kier alpha value is -7.20. The summed E-state index contributed by atoms with van der Waals surface area (Å²) in [4.78, 5) is 0. The van der Waals surface area contributed by atoms with Gasteiger partial charge in [0.05, 0.1) is 27.8 Å². The summed E-state index contributed by atoms with van der Waals surface area (Å²) >= 11 is 0. The maximum atomic E-state index is 2.58. The predicted octanol–water partition coefficient (Wildman–Crippen LogP) is 10.9. The molecule has 0 saturated heterocycles. The summed E-state index contributed by atoms with van der Waals surface area (Å²) in [6, 6.07) is 85.3. The highest BCUT2D eigenvalue weighted by atomic mass is 28.3. The molecule has 0 radical (unpaired) electrons. The molecule has 0 aliphatic heterocycles. The molecule has 2 nitrogen and oxygen atoms in total. The molecule has 0 spiro atoms. The van der Waals surface area contributed by atoms with E-state index in [9.17, 15) is 0 Å². The van der Waals surface area contributed by atoms with Gasteiger partial charge in [0.2, 0.25) is 0 Å². The first-order valence-corrected chi connectivity index (χ1v) is 21.7. The van der Waals surface area contributed by atoms with Crippen molar-refractivity contribution < 1.29 is 0 Å². The van der Waals surface area contributed by atoms with Crippen LogP contribution in [-0.4, -0.2) is 17.2 Å². The van der Waals surface area contributed by atoms with Crippen molar-refractivity contribution in [2.45, 2.75) is 0 Å². The van der Waals surface area contributed by atoms with Gasteiger partial charge in [-0.05, 0) is 56.6 Å². The zero-order chi connectivity index (χ0) is 37.8. The van der Waals surface area contributed by atoms with Gasteiger partial charge in [-0.2, -0.15) is 0 Å². The molecule has 0 saturated carbocycles. The lowest BCUT2D eigenvalue weighted by atomic mass is 10.0. The maximum absolute atomic E-state index is 2.96. The van der Waals surface area contributed by atoms with E-state index < -0.39 is 8.07 Å². The average Bonchev–Trinajstić information content (AvgIpc) is 3.82. The largest absolute Gasteiger partial charge is 0.307 e. The summed E-state index contributed by atoms with van der Waals surface area (Å²) < 4.78 is 5.04. The lowest BCUT2D eigenvalue weighted by Crippen LogP contribution is -2.74. The van der Waals surface area contributed by atoms with E-state index in [0.717, 1.165) is 11.4 Å². The molecule has 0 aliphatic rings. The van der Waals surface area contributed by atoms with Gasteiger partial charge in [0.25, 0.3) is 0 Å². The third-order valence-electron chi connectivity index (χ3n) is 11.9. The molecule has 0 atom stereocenters. The van der Waals surface area contributed by atoms with Crippen LogP contribution < -0.4 is 20.7 Å². The van der Waals surface area contributed by atoms with Crippen molar-refractivity contribution >= 4 is 72.4 Å². The second kappa shape index (κ2) is 13.5. The third-order valence-corrected chi connectivity index (χ3v) is 16.7. The van der Waals surface area contributed by atoms with Gasteiger partial charge in [-0.3, -0.25) is 0 Å². The zero-order valence-electron chi connectivity index (χ0n) is 31.3. The molecule has 3 heteroatoms. The van der Waals surface area contributed by atoms with Crippen LogP contribution in [0.2, 0.25) is 0 Å². The number of fused-ring (bicyclic) bond motifs is 6. The first-order valence-electron chi connectivity index (χ1n) is 19.7. The van der Waals surface area contributed by atoms with E-state index in [1.165, 1.54) is 75.5 Å². The number of hydrogen-bond donors (Lipinski definition) is 0. The number of rotatable bonds is 7. The second-order valence-corrected chi connectivity index (χ2v) is 18.6. The third kappa shape index (κ3) is 5.03. The molecule has 2 aromatic heterocycles. The molecule has 57 heavy (non-hydrogen) atoms. The molecule has 0 N–H and O–H groups in total. The number of hydrogen-bond acceptors (Lipinski definition) is 0. The highest BCUT2D eigenvalue weighted by Gasteiger charge is 2.43. The van der Waals surface area contributed by atoms with Crippen LogP contribution >= 0.6 is 0 Å². The van der Waals surface area contributed by atoms with Crippen LogP contribution in [0.25, 0.3) is 66.1 Å². The fourth-order valence-corrected chi connectivity index (χ4v) is 14.5. The second-order valence-electron chi connectivity index (χ2n) is 14.8. The Morgan fingerprint density at radius 2 is 0.789 bits per heavy atom. The Bertz CT molecular complexity index is 3110. The van der Waals surface area contributed by atoms with Crippen LogP contribution in [0.4, 0.5) is 0 Å². The van der Waals surface area contributed by atoms with Crippen molar-refractivity contribution in [1.29, 1.82) is 0 Å². The monoisotopic (exact) mass is 742 g/mol. The van der Waals surface area contributed by atoms with Crippen molar-refractivity contribution in [2.75, 3.05) is 0 Å². The molecule has 0 bridgehead atoms. The summed E-state index contributed by atoms with van der Waals surface area (Å²) in [7, 11) is -2.96. The van der Waals surface area contributed by atoms with Gasteiger partial charge in [-0.25, -0.2) is 0 Å². The van der Waals surface area contributed by atoms with E-state index in [0.29, 0.717) is 0 Å². The predicted molar refractivity (Wildman–Crippen MR) is 244 cm³/mol. The van der Waals surface area contributed by atoms with E-state index >= 15 is 0 Å². The molecule has 0 fully saturated rings. The van der Waals surface area contributed by atoms with Gasteiger partial charge in [0.1, 0.15) is 0 Å². The SMILES string of the molecule is c1ccc(-c2ccc([Si](c3ccccc3)(c3ccccc3)c3ccccc3)c3c4ccccc4n(-c4cccc5c6ccccc6n(-c6ccccc6)c45)c23)cc1. The Morgan fingerprint density at radius 1 is 0.316 bits per heavy atom. The minimum Gasteiger partial charge on any atom is -0.307 e. The highest BCUT2D eigenvalue weighted by Crippen LogP contribution is 2.42. The van der Waals surface area contributed by atoms with Crippen molar-refractivity contribution in [3.63, 3.8) is 0 Å². The molecule has 0 unspecified atom stereocenters. The van der Waals surface area contributed by atoms with Gasteiger partial charge in [0, 0.05) is 32.8 Å². The lowest BCUT2D eigenvalue weighted by molar-refractivity contribution is 1.13. The Morgan fingerprint density at radius 3 is 1.39 bits per heavy atom. The molecule has 9 aromatic carbocycles. The lowest BCUT2D eigenvalue weighted by Gasteiger charge is -2.35. The maximum Gasteiger partial charge on any atom is 0.180 e. The number of benzene rings is 9. The first kappa shape index (κ1) is 33.2. The molecule has 11 aromatic rings. The van der Waals surface area contributed by atoms with Crippen LogP contribution in [0, 0.1) is 0 Å². The summed E-state index contributed by atoms with van der Waals surface area (Å²) in [5.41, 5.74) is 9.49. The minimum atomic E-state index is -2.96. The fourth-order valence-electron chi connectivity index (χ4n) is 9.57. The minimum absolute atomic E-state index is 1.14. The van der Waals surface area contributed by atoms with Gasteiger partial charge >= 0.3 is 0 Å². The Balaban J connectivity index is 1.38. The summed E-state index contributed by atoms with van der Waals surface area (Å²) in [6.07, 6.45) is 0. The van der Waals surface area contributed by atoms with Crippen LogP contribution in [0.15, 0.2) is 231 Å². The van der Waals surface area contributed by atoms with E-state index in [2.05, 4.69) is 240 Å². The molecule has 0 aliphatic carbocycles. The summed E-state index contributed by atoms with van der Waals surface area (Å²) in [5, 5.41) is 10.5. The first-order chi connectivity index (χ1) is 28.3. The summed E-state index contributed by atoms with van der Waals surface area (Å²) in [5.74, 6) is 0. The molecule has 2 heterocycles. The van der Waals surface area contributed by atoms with Crippen LogP contribution in [0.5, 0.6) is 0 Å². The Kier molecular flexibility index (Phi) is 7.87. The number of aromatic nitrogens is 2. The molecule has 268 valence electrons. The fraction of sp³-hybridized carbons (Fsp3) is 0. The van der Waals surface area contributed by atoms with E-state index in [1.54, 1.807) is 0 Å². The molecule has 11 rings (SSSR count). The normalized spacial score (nSPS) is 11.9.